The Hall–Kier alpha value is -3.76. The van der Waals surface area contributed by atoms with Gasteiger partial charge in [-0.3, -0.25) is 15.5 Å². The van der Waals surface area contributed by atoms with E-state index in [0.717, 1.165) is 17.7 Å². The van der Waals surface area contributed by atoms with E-state index in [2.05, 4.69) is 10.5 Å². The predicted molar refractivity (Wildman–Crippen MR) is 113 cm³/mol. The van der Waals surface area contributed by atoms with Crippen LogP contribution in [0.3, 0.4) is 0 Å². The van der Waals surface area contributed by atoms with Gasteiger partial charge in [-0.1, -0.05) is 42.5 Å². The van der Waals surface area contributed by atoms with Gasteiger partial charge < -0.3 is 4.74 Å². The lowest BCUT2D eigenvalue weighted by molar-refractivity contribution is -0.384. The van der Waals surface area contributed by atoms with Crippen LogP contribution in [0.4, 0.5) is 11.4 Å². The molecule has 0 radical (unpaired) electrons. The molecule has 0 aliphatic carbocycles. The molecular formula is C20H18N4O5S. The number of hydrazone groups is 1. The number of nitrogens with two attached hydrogens (primary N) is 1. The molecule has 3 aromatic carbocycles. The van der Waals surface area contributed by atoms with Crippen molar-refractivity contribution in [2.45, 2.75) is 11.5 Å². The van der Waals surface area contributed by atoms with Crippen molar-refractivity contribution in [2.75, 3.05) is 5.43 Å². The molecule has 3 N–H and O–H groups in total. The normalized spacial score (nSPS) is 11.4. The number of nitro benzene ring substituents is 1. The van der Waals surface area contributed by atoms with E-state index in [1.165, 1.54) is 12.3 Å². The van der Waals surface area contributed by atoms with Crippen molar-refractivity contribution < 1.29 is 18.1 Å². The molecule has 0 aliphatic heterocycles. The van der Waals surface area contributed by atoms with Gasteiger partial charge in [-0.2, -0.15) is 5.10 Å². The molecule has 10 heteroatoms. The highest BCUT2D eigenvalue weighted by Gasteiger charge is 2.18. The molecule has 0 spiro atoms. The zero-order valence-electron chi connectivity index (χ0n) is 15.6. The van der Waals surface area contributed by atoms with Crippen LogP contribution in [0, 0.1) is 10.1 Å². The number of anilines is 1. The Morgan fingerprint density at radius 2 is 1.83 bits per heavy atom. The summed E-state index contributed by atoms with van der Waals surface area (Å²) in [7, 11) is -4.05. The number of sulfonamides is 1. The monoisotopic (exact) mass is 426 g/mol. The molecule has 154 valence electrons. The molecule has 3 aromatic rings. The van der Waals surface area contributed by atoms with Crippen molar-refractivity contribution in [1.29, 1.82) is 0 Å². The molecule has 3 rings (SSSR count). The average molecular weight is 426 g/mol. The molecule has 0 aromatic heterocycles. The minimum Gasteiger partial charge on any atom is -0.489 e. The van der Waals surface area contributed by atoms with E-state index in [0.29, 0.717) is 17.9 Å². The summed E-state index contributed by atoms with van der Waals surface area (Å²) in [6.07, 6.45) is 1.46. The number of primary sulfonamides is 1. The van der Waals surface area contributed by atoms with E-state index in [9.17, 15) is 18.5 Å². The third-order valence-electron chi connectivity index (χ3n) is 4.00. The molecule has 9 nitrogen and oxygen atoms in total. The standard InChI is InChI=1S/C20H18N4O5S/c21-30(27,28)18-9-10-19(20(12-18)24(25)26)23-22-13-16-7-4-8-17(11-16)29-14-15-5-2-1-3-6-15/h1-13,23H,14H2,(H2,21,27,28). The minimum absolute atomic E-state index is 0.0279. The molecule has 0 aliphatic rings. The number of hydrogen-bond donors (Lipinski definition) is 2. The summed E-state index contributed by atoms with van der Waals surface area (Å²) < 4.78 is 28.5. The second-order valence-electron chi connectivity index (χ2n) is 6.20. The molecular weight excluding hydrogens is 408 g/mol. The zero-order chi connectivity index (χ0) is 21.6. The summed E-state index contributed by atoms with van der Waals surface area (Å²) >= 11 is 0. The van der Waals surface area contributed by atoms with Gasteiger partial charge in [-0.25, -0.2) is 13.6 Å². The maximum Gasteiger partial charge on any atom is 0.295 e. The van der Waals surface area contributed by atoms with E-state index >= 15 is 0 Å². The van der Waals surface area contributed by atoms with Crippen LogP contribution in [0.5, 0.6) is 5.75 Å². The number of nitrogens with one attached hydrogen (secondary N) is 1. The highest BCUT2D eigenvalue weighted by atomic mass is 32.2. The number of benzene rings is 3. The molecule has 0 saturated heterocycles. The first kappa shape index (κ1) is 21.0. The summed E-state index contributed by atoms with van der Waals surface area (Å²) in [6, 6.07) is 20.2. The van der Waals surface area contributed by atoms with Gasteiger partial charge in [0.2, 0.25) is 10.0 Å². The smallest absolute Gasteiger partial charge is 0.295 e. The molecule has 0 atom stereocenters. The van der Waals surface area contributed by atoms with Crippen LogP contribution in [0.1, 0.15) is 11.1 Å². The Morgan fingerprint density at radius 3 is 2.53 bits per heavy atom. The fourth-order valence-electron chi connectivity index (χ4n) is 2.54. The van der Waals surface area contributed by atoms with E-state index in [-0.39, 0.29) is 10.6 Å². The molecule has 0 bridgehead atoms. The Balaban J connectivity index is 1.70. The summed E-state index contributed by atoms with van der Waals surface area (Å²) in [5, 5.41) is 20.2. The second-order valence-corrected chi connectivity index (χ2v) is 7.76. The van der Waals surface area contributed by atoms with Crippen molar-refractivity contribution in [3.8, 4) is 5.75 Å². The Morgan fingerprint density at radius 1 is 1.07 bits per heavy atom. The topological polar surface area (TPSA) is 137 Å². The van der Waals surface area contributed by atoms with Gasteiger partial charge in [0.1, 0.15) is 18.0 Å². The first-order valence-corrected chi connectivity index (χ1v) is 10.2. The number of ether oxygens (including phenoxy) is 1. The van der Waals surface area contributed by atoms with Crippen LogP contribution in [-0.2, 0) is 16.6 Å². The highest BCUT2D eigenvalue weighted by molar-refractivity contribution is 7.89. The lowest BCUT2D eigenvalue weighted by Gasteiger charge is -2.07. The molecule has 0 fully saturated rings. The third-order valence-corrected chi connectivity index (χ3v) is 4.91. The maximum absolute atomic E-state index is 11.4. The van der Waals surface area contributed by atoms with Gasteiger partial charge in [-0.05, 0) is 35.4 Å². The minimum atomic E-state index is -4.05. The van der Waals surface area contributed by atoms with Crippen molar-refractivity contribution in [3.63, 3.8) is 0 Å². The Kier molecular flexibility index (Phi) is 6.40. The Bertz CT molecular complexity index is 1180. The maximum atomic E-state index is 11.4. The fourth-order valence-corrected chi connectivity index (χ4v) is 3.07. The van der Waals surface area contributed by atoms with Crippen molar-refractivity contribution >= 4 is 27.6 Å². The summed E-state index contributed by atoms with van der Waals surface area (Å²) in [6.45, 7) is 0.419. The van der Waals surface area contributed by atoms with Crippen LogP contribution in [0.15, 0.2) is 82.8 Å². The predicted octanol–water partition coefficient (Wildman–Crippen LogP) is 3.27. The first-order chi connectivity index (χ1) is 14.3. The third kappa shape index (κ3) is 5.63. The number of nitrogens with zero attached hydrogens (tertiary/aromatic N) is 2. The van der Waals surface area contributed by atoms with Gasteiger partial charge in [0, 0.05) is 6.07 Å². The van der Waals surface area contributed by atoms with E-state index in [1.54, 1.807) is 18.2 Å². The van der Waals surface area contributed by atoms with Crippen LogP contribution in [0.25, 0.3) is 0 Å². The van der Waals surface area contributed by atoms with Crippen molar-refractivity contribution in [1.82, 2.24) is 0 Å². The highest BCUT2D eigenvalue weighted by Crippen LogP contribution is 2.27. The van der Waals surface area contributed by atoms with Crippen LogP contribution in [0.2, 0.25) is 0 Å². The first-order valence-electron chi connectivity index (χ1n) is 8.70. The van der Waals surface area contributed by atoms with Gasteiger partial charge in [0.15, 0.2) is 0 Å². The van der Waals surface area contributed by atoms with E-state index < -0.39 is 20.6 Å². The lowest BCUT2D eigenvalue weighted by Crippen LogP contribution is -2.12. The number of hydrogen-bond acceptors (Lipinski definition) is 7. The van der Waals surface area contributed by atoms with Gasteiger partial charge in [-0.15, -0.1) is 0 Å². The SMILES string of the molecule is NS(=O)(=O)c1ccc(NN=Cc2cccc(OCc3ccccc3)c2)c([N+](=O)[O-])c1. The molecule has 30 heavy (non-hydrogen) atoms. The summed E-state index contributed by atoms with van der Waals surface area (Å²) in [5.41, 5.74) is 3.86. The lowest BCUT2D eigenvalue weighted by atomic mass is 10.2. The molecule has 0 amide bonds. The number of rotatable bonds is 8. The zero-order valence-corrected chi connectivity index (χ0v) is 16.5. The second kappa shape index (κ2) is 9.16. The Labute approximate surface area is 173 Å². The largest absolute Gasteiger partial charge is 0.489 e. The van der Waals surface area contributed by atoms with Gasteiger partial charge >= 0.3 is 0 Å². The van der Waals surface area contributed by atoms with Crippen molar-refractivity contribution in [3.05, 3.63) is 94.0 Å². The molecule has 0 unspecified atom stereocenters. The van der Waals surface area contributed by atoms with E-state index in [4.69, 9.17) is 9.88 Å². The van der Waals surface area contributed by atoms with Crippen LogP contribution < -0.4 is 15.3 Å². The van der Waals surface area contributed by atoms with Crippen LogP contribution >= 0.6 is 0 Å². The van der Waals surface area contributed by atoms with E-state index in [1.807, 2.05) is 36.4 Å². The molecule has 0 heterocycles. The summed E-state index contributed by atoms with van der Waals surface area (Å²) in [5.74, 6) is 0.645. The van der Waals surface area contributed by atoms with Gasteiger partial charge in [0.05, 0.1) is 16.0 Å². The molecule has 0 saturated carbocycles. The van der Waals surface area contributed by atoms with Crippen LogP contribution in [-0.4, -0.2) is 19.6 Å². The average Bonchev–Trinajstić information content (AvgIpc) is 2.72. The summed E-state index contributed by atoms with van der Waals surface area (Å²) in [4.78, 5) is 10.2. The number of nitro groups is 1. The van der Waals surface area contributed by atoms with Crippen molar-refractivity contribution in [2.24, 2.45) is 10.2 Å². The van der Waals surface area contributed by atoms with Gasteiger partial charge in [0.25, 0.3) is 5.69 Å². The quantitative estimate of drug-likeness (QED) is 0.322. The fraction of sp³-hybridized carbons (Fsp3) is 0.0500.